The summed E-state index contributed by atoms with van der Waals surface area (Å²) in [4.78, 5) is 6.67. The monoisotopic (exact) mass is 301 g/mol. The van der Waals surface area contributed by atoms with Crippen LogP contribution in [0.3, 0.4) is 0 Å². The fraction of sp³-hybridized carbons (Fsp3) is 0.529. The number of hydrogen-bond acceptors (Lipinski definition) is 5. The normalized spacial score (nSPS) is 20.0. The molecule has 1 N–H and O–H groups in total. The molecule has 0 spiro atoms. The van der Waals surface area contributed by atoms with Gasteiger partial charge in [-0.05, 0) is 51.3 Å². The summed E-state index contributed by atoms with van der Waals surface area (Å²) in [7, 11) is 0. The SMILES string of the molecule is Cc1noc([C@H](C)N2CCC([C@H](O)c3ccccc3)CC2)n1. The Labute approximate surface area is 131 Å². The topological polar surface area (TPSA) is 62.4 Å². The Balaban J connectivity index is 1.58. The minimum atomic E-state index is -0.371. The van der Waals surface area contributed by atoms with Crippen molar-refractivity contribution in [2.45, 2.75) is 38.8 Å². The summed E-state index contributed by atoms with van der Waals surface area (Å²) in [5.41, 5.74) is 1.02. The third-order valence-corrected chi connectivity index (χ3v) is 4.61. The average molecular weight is 301 g/mol. The molecule has 1 saturated heterocycles. The Morgan fingerprint density at radius 2 is 1.91 bits per heavy atom. The molecule has 2 aromatic rings. The van der Waals surface area contributed by atoms with Crippen LogP contribution >= 0.6 is 0 Å². The van der Waals surface area contributed by atoms with E-state index in [4.69, 9.17) is 4.52 Å². The smallest absolute Gasteiger partial charge is 0.243 e. The largest absolute Gasteiger partial charge is 0.388 e. The summed E-state index contributed by atoms with van der Waals surface area (Å²) in [6.45, 7) is 5.82. The molecule has 3 rings (SSSR count). The first-order valence-electron chi connectivity index (χ1n) is 7.92. The number of benzene rings is 1. The first-order valence-corrected chi connectivity index (χ1v) is 7.92. The Hall–Kier alpha value is -1.72. The number of rotatable bonds is 4. The van der Waals surface area contributed by atoms with Crippen LogP contribution in [0, 0.1) is 12.8 Å². The number of aliphatic hydroxyl groups is 1. The predicted octanol–water partition coefficient (Wildman–Crippen LogP) is 2.88. The zero-order valence-corrected chi connectivity index (χ0v) is 13.1. The van der Waals surface area contributed by atoms with Crippen LogP contribution in [0.15, 0.2) is 34.9 Å². The van der Waals surface area contributed by atoms with Crippen molar-refractivity contribution in [3.05, 3.63) is 47.6 Å². The third kappa shape index (κ3) is 3.20. The fourth-order valence-corrected chi connectivity index (χ4v) is 3.18. The van der Waals surface area contributed by atoms with Crippen LogP contribution in [0.2, 0.25) is 0 Å². The quantitative estimate of drug-likeness (QED) is 0.941. The lowest BCUT2D eigenvalue weighted by Gasteiger charge is -2.36. The van der Waals surface area contributed by atoms with Crippen molar-refractivity contribution in [1.29, 1.82) is 0 Å². The van der Waals surface area contributed by atoms with Gasteiger partial charge in [0.25, 0.3) is 0 Å². The summed E-state index contributed by atoms with van der Waals surface area (Å²) in [5.74, 6) is 1.67. The van der Waals surface area contributed by atoms with E-state index in [1.807, 2.05) is 37.3 Å². The van der Waals surface area contributed by atoms with E-state index >= 15 is 0 Å². The van der Waals surface area contributed by atoms with Gasteiger partial charge in [-0.3, -0.25) is 4.90 Å². The lowest BCUT2D eigenvalue weighted by atomic mass is 9.87. The van der Waals surface area contributed by atoms with Gasteiger partial charge >= 0.3 is 0 Å². The Morgan fingerprint density at radius 1 is 1.23 bits per heavy atom. The fourth-order valence-electron chi connectivity index (χ4n) is 3.18. The molecule has 1 aromatic carbocycles. The van der Waals surface area contributed by atoms with Gasteiger partial charge in [-0.2, -0.15) is 4.98 Å². The Morgan fingerprint density at radius 3 is 2.50 bits per heavy atom. The van der Waals surface area contributed by atoms with Crippen LogP contribution in [0.25, 0.3) is 0 Å². The van der Waals surface area contributed by atoms with Crippen molar-refractivity contribution in [2.75, 3.05) is 13.1 Å². The number of likely N-dealkylation sites (tertiary alicyclic amines) is 1. The van der Waals surface area contributed by atoms with Gasteiger partial charge in [0.05, 0.1) is 12.1 Å². The lowest BCUT2D eigenvalue weighted by Crippen LogP contribution is -2.37. The molecule has 0 bridgehead atoms. The molecule has 22 heavy (non-hydrogen) atoms. The van der Waals surface area contributed by atoms with Crippen molar-refractivity contribution < 1.29 is 9.63 Å². The van der Waals surface area contributed by atoms with Gasteiger partial charge in [0.1, 0.15) is 0 Å². The maximum atomic E-state index is 10.5. The van der Waals surface area contributed by atoms with Gasteiger partial charge < -0.3 is 9.63 Å². The van der Waals surface area contributed by atoms with Gasteiger partial charge in [-0.25, -0.2) is 0 Å². The van der Waals surface area contributed by atoms with Gasteiger partial charge in [-0.1, -0.05) is 35.5 Å². The maximum Gasteiger partial charge on any atom is 0.243 e. The minimum Gasteiger partial charge on any atom is -0.388 e. The number of piperidine rings is 1. The molecule has 1 aliphatic rings. The summed E-state index contributed by atoms with van der Waals surface area (Å²) in [6.07, 6.45) is 1.59. The molecule has 0 aliphatic carbocycles. The molecule has 5 nitrogen and oxygen atoms in total. The summed E-state index contributed by atoms with van der Waals surface area (Å²) < 4.78 is 5.27. The molecular weight excluding hydrogens is 278 g/mol. The molecule has 2 heterocycles. The van der Waals surface area contributed by atoms with E-state index in [0.29, 0.717) is 17.6 Å². The third-order valence-electron chi connectivity index (χ3n) is 4.61. The van der Waals surface area contributed by atoms with Crippen LogP contribution in [-0.2, 0) is 0 Å². The van der Waals surface area contributed by atoms with Crippen LogP contribution < -0.4 is 0 Å². The first-order chi connectivity index (χ1) is 10.6. The number of hydrogen-bond donors (Lipinski definition) is 1. The summed E-state index contributed by atoms with van der Waals surface area (Å²) in [6, 6.07) is 10.1. The number of aromatic nitrogens is 2. The molecular formula is C17H23N3O2. The Bertz CT molecular complexity index is 591. The van der Waals surface area contributed by atoms with Crippen LogP contribution in [-0.4, -0.2) is 33.2 Å². The minimum absolute atomic E-state index is 0.135. The maximum absolute atomic E-state index is 10.5. The second-order valence-corrected chi connectivity index (χ2v) is 6.08. The number of aliphatic hydroxyl groups excluding tert-OH is 1. The van der Waals surface area contributed by atoms with E-state index < -0.39 is 0 Å². The summed E-state index contributed by atoms with van der Waals surface area (Å²) in [5, 5.41) is 14.4. The van der Waals surface area contributed by atoms with Crippen molar-refractivity contribution >= 4 is 0 Å². The zero-order valence-electron chi connectivity index (χ0n) is 13.1. The highest BCUT2D eigenvalue weighted by molar-refractivity contribution is 5.18. The van der Waals surface area contributed by atoms with Gasteiger partial charge in [0.2, 0.25) is 5.89 Å². The first kappa shape index (κ1) is 15.2. The average Bonchev–Trinajstić information content (AvgIpc) is 3.01. The zero-order chi connectivity index (χ0) is 15.5. The number of nitrogens with zero attached hydrogens (tertiary/aromatic N) is 3. The van der Waals surface area contributed by atoms with E-state index in [2.05, 4.69) is 22.0 Å². The molecule has 2 atom stereocenters. The van der Waals surface area contributed by atoms with E-state index in [1.54, 1.807) is 0 Å². The van der Waals surface area contributed by atoms with Crippen LogP contribution in [0.5, 0.6) is 0 Å². The predicted molar refractivity (Wildman–Crippen MR) is 83.1 cm³/mol. The molecule has 0 amide bonds. The molecule has 0 radical (unpaired) electrons. The second-order valence-electron chi connectivity index (χ2n) is 6.08. The molecule has 1 aliphatic heterocycles. The van der Waals surface area contributed by atoms with Crippen molar-refractivity contribution in [3.63, 3.8) is 0 Å². The number of aryl methyl sites for hydroxylation is 1. The molecule has 1 aromatic heterocycles. The highest BCUT2D eigenvalue weighted by Crippen LogP contribution is 2.33. The van der Waals surface area contributed by atoms with Gasteiger partial charge in [-0.15, -0.1) is 0 Å². The molecule has 5 heteroatoms. The van der Waals surface area contributed by atoms with Crippen molar-refractivity contribution in [2.24, 2.45) is 5.92 Å². The van der Waals surface area contributed by atoms with Gasteiger partial charge in [0, 0.05) is 0 Å². The van der Waals surface area contributed by atoms with Gasteiger partial charge in [0.15, 0.2) is 5.82 Å². The van der Waals surface area contributed by atoms with Crippen LogP contribution in [0.1, 0.15) is 49.2 Å². The summed E-state index contributed by atoms with van der Waals surface area (Å²) >= 11 is 0. The van der Waals surface area contributed by atoms with Crippen molar-refractivity contribution in [3.8, 4) is 0 Å². The van der Waals surface area contributed by atoms with Crippen LogP contribution in [0.4, 0.5) is 0 Å². The molecule has 0 unspecified atom stereocenters. The van der Waals surface area contributed by atoms with E-state index in [0.717, 1.165) is 31.5 Å². The lowest BCUT2D eigenvalue weighted by molar-refractivity contribution is 0.0420. The van der Waals surface area contributed by atoms with E-state index in [9.17, 15) is 5.11 Å². The van der Waals surface area contributed by atoms with E-state index in [-0.39, 0.29) is 12.1 Å². The highest BCUT2D eigenvalue weighted by atomic mass is 16.5. The molecule has 118 valence electrons. The Kier molecular flexibility index (Phi) is 4.55. The van der Waals surface area contributed by atoms with Crippen molar-refractivity contribution in [1.82, 2.24) is 15.0 Å². The highest BCUT2D eigenvalue weighted by Gasteiger charge is 2.30. The molecule has 1 fully saturated rings. The van der Waals surface area contributed by atoms with E-state index in [1.165, 1.54) is 0 Å². The second kappa shape index (κ2) is 6.58. The molecule has 0 saturated carbocycles. The standard InChI is InChI=1S/C17H23N3O2/c1-12(17-18-13(2)19-22-17)20-10-8-15(9-11-20)16(21)14-6-4-3-5-7-14/h3-7,12,15-16,21H,8-11H2,1-2H3/t12-,16+/m0/s1.